The number of aromatic nitrogens is 1. The Morgan fingerprint density at radius 2 is 2.07 bits per heavy atom. The summed E-state index contributed by atoms with van der Waals surface area (Å²) in [6.07, 6.45) is 8.20. The lowest BCUT2D eigenvalue weighted by Gasteiger charge is -2.54. The molecule has 3 aliphatic heterocycles. The topological polar surface area (TPSA) is 45.6 Å². The molecular formula is C24H26F2N2O2. The highest BCUT2D eigenvalue weighted by atomic mass is 19.1. The van der Waals surface area contributed by atoms with Gasteiger partial charge >= 0.3 is 0 Å². The van der Waals surface area contributed by atoms with Crippen LogP contribution < -0.4 is 4.74 Å². The van der Waals surface area contributed by atoms with Crippen LogP contribution in [0.15, 0.2) is 36.4 Å². The van der Waals surface area contributed by atoms with Crippen LogP contribution in [0.25, 0.3) is 0 Å². The quantitative estimate of drug-likeness (QED) is 0.559. The molecule has 5 rings (SSSR count). The number of nitrogens with zero attached hydrogens (tertiary/aromatic N) is 2. The van der Waals surface area contributed by atoms with Crippen molar-refractivity contribution in [1.82, 2.24) is 9.88 Å². The Labute approximate surface area is 175 Å². The van der Waals surface area contributed by atoms with Gasteiger partial charge in [-0.2, -0.15) is 0 Å². The van der Waals surface area contributed by atoms with E-state index in [9.17, 15) is 13.9 Å². The van der Waals surface area contributed by atoms with E-state index in [1.807, 2.05) is 12.1 Å². The van der Waals surface area contributed by atoms with Crippen molar-refractivity contribution in [2.75, 3.05) is 26.4 Å². The molecule has 3 aliphatic rings. The van der Waals surface area contributed by atoms with Gasteiger partial charge in [0.1, 0.15) is 17.5 Å². The minimum atomic E-state index is -1.22. The second-order valence-electron chi connectivity index (χ2n) is 8.05. The molecule has 0 amide bonds. The average molecular weight is 412 g/mol. The molecule has 1 unspecified atom stereocenters. The molecular weight excluding hydrogens is 386 g/mol. The van der Waals surface area contributed by atoms with E-state index in [-0.39, 0.29) is 24.8 Å². The summed E-state index contributed by atoms with van der Waals surface area (Å²) in [5, 5.41) is 11.9. The molecule has 3 saturated heterocycles. The number of alkyl halides is 1. The molecule has 2 atom stereocenters. The number of terminal acetylenes is 1. The maximum Gasteiger partial charge on any atom is 0.213 e. The van der Waals surface area contributed by atoms with Gasteiger partial charge in [0.25, 0.3) is 0 Å². The fourth-order valence-electron chi connectivity index (χ4n) is 4.83. The first-order chi connectivity index (χ1) is 14.6. The van der Waals surface area contributed by atoms with Crippen molar-refractivity contribution < 1.29 is 18.6 Å². The Kier molecular flexibility index (Phi) is 6.03. The molecule has 2 aromatic rings. The first kappa shape index (κ1) is 20.8. The minimum Gasteiger partial charge on any atom is -0.478 e. The number of piperidine rings is 3. The predicted octanol–water partition coefficient (Wildman–Crippen LogP) is 3.46. The lowest BCUT2D eigenvalue weighted by molar-refractivity contribution is -0.143. The molecule has 30 heavy (non-hydrogen) atoms. The standard InChI is InChI=1S/C24H26F2N2O2/c1-2-22-24(29,18-9-12-28(22)13-10-18)20-7-8-23(30-14-4-11-25)27-21(20)16-17-5-3-6-19(26)15-17/h1,3,5-8,15,18,22,29H,4,9-14,16H2/t22?,24-/m1/s1. The molecule has 158 valence electrons. The third-order valence-corrected chi connectivity index (χ3v) is 6.26. The van der Waals surface area contributed by atoms with Gasteiger partial charge in [-0.1, -0.05) is 18.1 Å². The number of rotatable bonds is 7. The van der Waals surface area contributed by atoms with Gasteiger partial charge in [0.2, 0.25) is 5.88 Å². The van der Waals surface area contributed by atoms with Gasteiger partial charge in [-0.15, -0.1) is 6.42 Å². The molecule has 1 N–H and O–H groups in total. The number of pyridine rings is 1. The summed E-state index contributed by atoms with van der Waals surface area (Å²) in [4.78, 5) is 6.78. The summed E-state index contributed by atoms with van der Waals surface area (Å²) in [6.45, 7) is 1.50. The van der Waals surface area contributed by atoms with E-state index >= 15 is 0 Å². The number of aliphatic hydroxyl groups is 1. The molecule has 0 radical (unpaired) electrons. The molecule has 6 heteroatoms. The van der Waals surface area contributed by atoms with Crippen molar-refractivity contribution in [1.29, 1.82) is 0 Å². The van der Waals surface area contributed by atoms with E-state index in [0.717, 1.165) is 31.5 Å². The highest BCUT2D eigenvalue weighted by Gasteiger charge is 2.54. The smallest absolute Gasteiger partial charge is 0.213 e. The third kappa shape index (κ3) is 3.80. The van der Waals surface area contributed by atoms with Gasteiger partial charge in [0, 0.05) is 24.5 Å². The zero-order valence-electron chi connectivity index (χ0n) is 16.9. The third-order valence-electron chi connectivity index (χ3n) is 6.26. The largest absolute Gasteiger partial charge is 0.478 e. The van der Waals surface area contributed by atoms with Gasteiger partial charge in [-0.3, -0.25) is 9.29 Å². The molecule has 0 aliphatic carbocycles. The number of benzene rings is 1. The lowest BCUT2D eigenvalue weighted by atomic mass is 9.66. The van der Waals surface area contributed by atoms with Crippen molar-refractivity contribution in [3.05, 3.63) is 59.0 Å². The van der Waals surface area contributed by atoms with Crippen LogP contribution in [0.4, 0.5) is 8.78 Å². The molecule has 1 aromatic carbocycles. The second-order valence-corrected chi connectivity index (χ2v) is 8.05. The van der Waals surface area contributed by atoms with Crippen LogP contribution in [0, 0.1) is 24.1 Å². The number of hydrogen-bond acceptors (Lipinski definition) is 4. The Balaban J connectivity index is 1.75. The van der Waals surface area contributed by atoms with E-state index in [2.05, 4.69) is 15.8 Å². The van der Waals surface area contributed by atoms with Gasteiger partial charge in [0.05, 0.1) is 19.0 Å². The predicted molar refractivity (Wildman–Crippen MR) is 110 cm³/mol. The minimum absolute atomic E-state index is 0.0370. The molecule has 4 nitrogen and oxygen atoms in total. The van der Waals surface area contributed by atoms with Crippen LogP contribution in [-0.2, 0) is 12.0 Å². The van der Waals surface area contributed by atoms with Gasteiger partial charge in [-0.05, 0) is 55.6 Å². The van der Waals surface area contributed by atoms with Gasteiger partial charge in [0.15, 0.2) is 0 Å². The van der Waals surface area contributed by atoms with E-state index in [4.69, 9.17) is 11.2 Å². The number of ether oxygens (including phenoxy) is 1. The molecule has 0 spiro atoms. The van der Waals surface area contributed by atoms with Crippen molar-refractivity contribution in [3.63, 3.8) is 0 Å². The number of halogens is 2. The molecule has 4 heterocycles. The zero-order chi connectivity index (χ0) is 21.1. The summed E-state index contributed by atoms with van der Waals surface area (Å²) in [5.74, 6) is 2.87. The summed E-state index contributed by atoms with van der Waals surface area (Å²) in [7, 11) is 0. The summed E-state index contributed by atoms with van der Waals surface area (Å²) >= 11 is 0. The average Bonchev–Trinajstić information content (AvgIpc) is 2.75. The molecule has 1 aromatic heterocycles. The summed E-state index contributed by atoms with van der Waals surface area (Å²) in [5.41, 5.74) is 0.793. The Hall–Kier alpha value is -2.49. The monoisotopic (exact) mass is 412 g/mol. The van der Waals surface area contributed by atoms with E-state index in [0.29, 0.717) is 23.6 Å². The normalized spacial score (nSPS) is 27.6. The first-order valence-electron chi connectivity index (χ1n) is 10.4. The van der Waals surface area contributed by atoms with Gasteiger partial charge < -0.3 is 9.84 Å². The Morgan fingerprint density at radius 1 is 1.27 bits per heavy atom. The second kappa shape index (κ2) is 8.71. The Bertz CT molecular complexity index is 937. The van der Waals surface area contributed by atoms with Crippen LogP contribution in [0.5, 0.6) is 5.88 Å². The van der Waals surface area contributed by atoms with E-state index < -0.39 is 18.3 Å². The molecule has 2 bridgehead atoms. The number of fused-ring (bicyclic) bond motifs is 3. The fraction of sp³-hybridized carbons (Fsp3) is 0.458. The van der Waals surface area contributed by atoms with E-state index in [1.165, 1.54) is 12.1 Å². The van der Waals surface area contributed by atoms with Crippen LogP contribution in [-0.4, -0.2) is 47.4 Å². The zero-order valence-corrected chi connectivity index (χ0v) is 16.9. The van der Waals surface area contributed by atoms with Crippen LogP contribution in [0.1, 0.15) is 36.1 Å². The van der Waals surface area contributed by atoms with E-state index in [1.54, 1.807) is 12.1 Å². The van der Waals surface area contributed by atoms with Crippen molar-refractivity contribution >= 4 is 0 Å². The van der Waals surface area contributed by atoms with Crippen molar-refractivity contribution in [2.45, 2.75) is 37.3 Å². The van der Waals surface area contributed by atoms with Crippen LogP contribution in [0.3, 0.4) is 0 Å². The maximum atomic E-state index is 13.8. The van der Waals surface area contributed by atoms with Crippen LogP contribution in [0.2, 0.25) is 0 Å². The maximum absolute atomic E-state index is 13.8. The first-order valence-corrected chi connectivity index (χ1v) is 10.4. The SMILES string of the molecule is C#CC1N2CCC(CC2)[C@@]1(O)c1ccc(OCCCF)nc1Cc1cccc(F)c1. The molecule has 3 fully saturated rings. The molecule has 0 saturated carbocycles. The summed E-state index contributed by atoms with van der Waals surface area (Å²) < 4.78 is 31.8. The highest BCUT2D eigenvalue weighted by Crippen LogP contribution is 2.47. The van der Waals surface area contributed by atoms with Crippen LogP contribution >= 0.6 is 0 Å². The Morgan fingerprint density at radius 3 is 2.77 bits per heavy atom. The van der Waals surface area contributed by atoms with Crippen molar-refractivity contribution in [3.8, 4) is 18.2 Å². The van der Waals surface area contributed by atoms with Crippen molar-refractivity contribution in [2.24, 2.45) is 5.92 Å². The lowest BCUT2D eigenvalue weighted by Crippen LogP contribution is -2.63. The number of hydrogen-bond donors (Lipinski definition) is 1. The van der Waals surface area contributed by atoms with Gasteiger partial charge in [-0.25, -0.2) is 9.37 Å². The summed E-state index contributed by atoms with van der Waals surface area (Å²) in [6, 6.07) is 9.41. The highest BCUT2D eigenvalue weighted by molar-refractivity contribution is 5.39. The fourth-order valence-corrected chi connectivity index (χ4v) is 4.83.